The van der Waals surface area contributed by atoms with Crippen LogP contribution in [-0.4, -0.2) is 28.1 Å². The minimum Gasteiger partial charge on any atom is -0.508 e. The van der Waals surface area contributed by atoms with E-state index in [2.05, 4.69) is 0 Å². The van der Waals surface area contributed by atoms with Gasteiger partial charge in [-0.25, -0.2) is 4.79 Å². The number of hydrogen-bond acceptors (Lipinski definition) is 4. The van der Waals surface area contributed by atoms with Crippen molar-refractivity contribution in [1.29, 1.82) is 0 Å². The van der Waals surface area contributed by atoms with E-state index in [9.17, 15) is 9.59 Å². The predicted molar refractivity (Wildman–Crippen MR) is 49.1 cm³/mol. The first-order valence-electron chi connectivity index (χ1n) is 4.33. The van der Waals surface area contributed by atoms with Crippen LogP contribution in [0.25, 0.3) is 0 Å². The fraction of sp³-hybridized carbons (Fsp3) is 0.200. The number of aliphatic carboxylic acids is 1. The monoisotopic (exact) mass is 208 g/mol. The molecule has 1 aromatic carbocycles. The number of benzene rings is 1. The van der Waals surface area contributed by atoms with Crippen molar-refractivity contribution in [3.05, 3.63) is 23.8 Å². The Morgan fingerprint density at radius 3 is 2.87 bits per heavy atom. The van der Waals surface area contributed by atoms with Gasteiger partial charge in [-0.15, -0.1) is 0 Å². The number of carbonyl (C=O) groups is 2. The average molecular weight is 208 g/mol. The van der Waals surface area contributed by atoms with Gasteiger partial charge in [0.1, 0.15) is 11.5 Å². The van der Waals surface area contributed by atoms with Gasteiger partial charge in [0.2, 0.25) is 6.10 Å². The molecule has 1 heterocycles. The molecule has 78 valence electrons. The molecule has 0 aliphatic carbocycles. The highest BCUT2D eigenvalue weighted by Crippen LogP contribution is 2.30. The topological polar surface area (TPSA) is 83.8 Å². The van der Waals surface area contributed by atoms with E-state index in [-0.39, 0.29) is 23.7 Å². The molecule has 0 amide bonds. The number of fused-ring (bicyclic) bond motifs is 1. The Morgan fingerprint density at radius 2 is 2.20 bits per heavy atom. The highest BCUT2D eigenvalue weighted by atomic mass is 16.5. The Kier molecular flexibility index (Phi) is 2.07. The maximum Gasteiger partial charge on any atom is 0.345 e. The number of ether oxygens (including phenoxy) is 1. The number of rotatable bonds is 1. The van der Waals surface area contributed by atoms with Gasteiger partial charge < -0.3 is 14.9 Å². The molecule has 2 N–H and O–H groups in total. The van der Waals surface area contributed by atoms with Crippen molar-refractivity contribution in [3.8, 4) is 11.5 Å². The smallest absolute Gasteiger partial charge is 0.345 e. The first kappa shape index (κ1) is 9.51. The second-order valence-corrected chi connectivity index (χ2v) is 3.25. The van der Waals surface area contributed by atoms with Gasteiger partial charge in [0.05, 0.1) is 12.0 Å². The molecule has 5 nitrogen and oxygen atoms in total. The van der Waals surface area contributed by atoms with Crippen LogP contribution in [0.4, 0.5) is 0 Å². The number of Topliss-reactive ketones (excluding diaryl/α,β-unsaturated/α-hetero) is 1. The zero-order chi connectivity index (χ0) is 11.0. The first-order chi connectivity index (χ1) is 7.08. The molecular weight excluding hydrogens is 200 g/mol. The fourth-order valence-corrected chi connectivity index (χ4v) is 1.45. The molecule has 0 saturated carbocycles. The third kappa shape index (κ3) is 1.63. The molecule has 0 radical (unpaired) electrons. The van der Waals surface area contributed by atoms with E-state index in [1.165, 1.54) is 18.2 Å². The molecule has 0 fully saturated rings. The second kappa shape index (κ2) is 3.27. The zero-order valence-corrected chi connectivity index (χ0v) is 7.64. The summed E-state index contributed by atoms with van der Waals surface area (Å²) < 4.78 is 5.06. The van der Waals surface area contributed by atoms with Crippen LogP contribution >= 0.6 is 0 Å². The van der Waals surface area contributed by atoms with Gasteiger partial charge in [-0.2, -0.15) is 0 Å². The lowest BCUT2D eigenvalue weighted by Gasteiger charge is -2.21. The Morgan fingerprint density at radius 1 is 1.47 bits per heavy atom. The maximum absolute atomic E-state index is 11.5. The number of ketones is 1. The van der Waals surface area contributed by atoms with Gasteiger partial charge in [0.25, 0.3) is 0 Å². The Hall–Kier alpha value is -2.04. The Bertz CT molecular complexity index is 437. The number of carbonyl (C=O) groups excluding carboxylic acids is 1. The van der Waals surface area contributed by atoms with Crippen molar-refractivity contribution in [2.45, 2.75) is 12.5 Å². The van der Waals surface area contributed by atoms with E-state index in [1.807, 2.05) is 0 Å². The summed E-state index contributed by atoms with van der Waals surface area (Å²) in [5.74, 6) is -1.41. The lowest BCUT2D eigenvalue weighted by atomic mass is 10.0. The quantitative estimate of drug-likeness (QED) is 0.713. The molecule has 0 spiro atoms. The summed E-state index contributed by atoms with van der Waals surface area (Å²) in [7, 11) is 0. The normalized spacial score (nSPS) is 19.2. The number of phenols is 1. The van der Waals surface area contributed by atoms with Crippen molar-refractivity contribution in [1.82, 2.24) is 0 Å². The molecule has 1 aliphatic heterocycles. The van der Waals surface area contributed by atoms with E-state index in [4.69, 9.17) is 14.9 Å². The summed E-state index contributed by atoms with van der Waals surface area (Å²) in [5, 5.41) is 17.9. The fourth-order valence-electron chi connectivity index (χ4n) is 1.45. The minimum absolute atomic E-state index is 0.0624. The number of aromatic hydroxyl groups is 1. The van der Waals surface area contributed by atoms with Crippen LogP contribution < -0.4 is 4.74 Å². The Balaban J connectivity index is 2.41. The van der Waals surface area contributed by atoms with Crippen LogP contribution in [0.3, 0.4) is 0 Å². The highest BCUT2D eigenvalue weighted by Gasteiger charge is 2.31. The van der Waals surface area contributed by atoms with Gasteiger partial charge in [0.15, 0.2) is 5.78 Å². The van der Waals surface area contributed by atoms with E-state index < -0.39 is 12.1 Å². The van der Waals surface area contributed by atoms with Crippen molar-refractivity contribution in [2.24, 2.45) is 0 Å². The molecule has 0 bridgehead atoms. The molecule has 1 unspecified atom stereocenters. The zero-order valence-electron chi connectivity index (χ0n) is 7.64. The SMILES string of the molecule is O=C1CC(C(=O)O)Oc2cc(O)ccc21. The lowest BCUT2D eigenvalue weighted by Crippen LogP contribution is -2.33. The summed E-state index contributed by atoms with van der Waals surface area (Å²) in [5.41, 5.74) is 0.310. The lowest BCUT2D eigenvalue weighted by molar-refractivity contribution is -0.145. The van der Waals surface area contributed by atoms with Crippen molar-refractivity contribution < 1.29 is 24.5 Å². The predicted octanol–water partition coefficient (Wildman–Crippen LogP) is 0.811. The van der Waals surface area contributed by atoms with Crippen LogP contribution in [0.1, 0.15) is 16.8 Å². The summed E-state index contributed by atoms with van der Waals surface area (Å²) in [4.78, 5) is 22.1. The van der Waals surface area contributed by atoms with Crippen LogP contribution in [0.5, 0.6) is 11.5 Å². The largest absolute Gasteiger partial charge is 0.508 e. The summed E-state index contributed by atoms with van der Waals surface area (Å²) in [6.45, 7) is 0. The number of carboxylic acids is 1. The highest BCUT2D eigenvalue weighted by molar-refractivity contribution is 6.02. The van der Waals surface area contributed by atoms with Crippen LogP contribution in [0.15, 0.2) is 18.2 Å². The summed E-state index contributed by atoms with van der Waals surface area (Å²) in [6, 6.07) is 4.02. The van der Waals surface area contributed by atoms with Gasteiger partial charge in [-0.05, 0) is 12.1 Å². The number of carboxylic acid groups (broad SMARTS) is 1. The van der Waals surface area contributed by atoms with E-state index in [0.717, 1.165) is 0 Å². The number of hydrogen-bond donors (Lipinski definition) is 2. The molecule has 1 atom stereocenters. The van der Waals surface area contributed by atoms with Gasteiger partial charge in [-0.3, -0.25) is 4.79 Å². The van der Waals surface area contributed by atoms with Gasteiger partial charge >= 0.3 is 5.97 Å². The third-order valence-electron chi connectivity index (χ3n) is 2.18. The summed E-state index contributed by atoms with van der Waals surface area (Å²) in [6.07, 6.45) is -1.33. The maximum atomic E-state index is 11.5. The van der Waals surface area contributed by atoms with Gasteiger partial charge in [0, 0.05) is 6.07 Å². The molecule has 0 saturated heterocycles. The van der Waals surface area contributed by atoms with E-state index in [1.54, 1.807) is 0 Å². The van der Waals surface area contributed by atoms with Crippen LogP contribution in [0, 0.1) is 0 Å². The molecule has 1 aromatic rings. The molecule has 1 aliphatic rings. The average Bonchev–Trinajstić information content (AvgIpc) is 2.16. The first-order valence-corrected chi connectivity index (χ1v) is 4.33. The molecule has 15 heavy (non-hydrogen) atoms. The van der Waals surface area contributed by atoms with Crippen molar-refractivity contribution in [2.75, 3.05) is 0 Å². The molecule has 5 heteroatoms. The van der Waals surface area contributed by atoms with Crippen LogP contribution in [-0.2, 0) is 4.79 Å². The van der Waals surface area contributed by atoms with Crippen LogP contribution in [0.2, 0.25) is 0 Å². The summed E-state index contributed by atoms with van der Waals surface area (Å²) >= 11 is 0. The minimum atomic E-state index is -1.18. The standard InChI is InChI=1S/C10H8O5/c11-5-1-2-6-7(12)4-9(10(13)14)15-8(6)3-5/h1-3,9,11H,4H2,(H,13,14). The Labute approximate surface area is 84.9 Å². The molecule has 2 rings (SSSR count). The van der Waals surface area contributed by atoms with Crippen molar-refractivity contribution >= 4 is 11.8 Å². The molecule has 0 aromatic heterocycles. The number of phenolic OH excluding ortho intramolecular Hbond substituents is 1. The van der Waals surface area contributed by atoms with Crippen molar-refractivity contribution in [3.63, 3.8) is 0 Å². The second-order valence-electron chi connectivity index (χ2n) is 3.25. The van der Waals surface area contributed by atoms with E-state index >= 15 is 0 Å². The van der Waals surface area contributed by atoms with E-state index in [0.29, 0.717) is 5.56 Å². The molecular formula is C10H8O5. The third-order valence-corrected chi connectivity index (χ3v) is 2.18. The van der Waals surface area contributed by atoms with Gasteiger partial charge in [-0.1, -0.05) is 0 Å².